The Hall–Kier alpha value is -2.26. The molecule has 5 rings (SSSR count). The smallest absolute Gasteiger partial charge is 0.223 e. The number of benzene rings is 1. The standard InChI is InChI=1S/C19H20ClN5O3/c1-2-19-9-27-13(14(19)26-8-11-6-4-3-5-7-11)17(28-19)25-10-22-12-15(20)23-18(21)24-16(12)25/h3-7,10,13-14,17H,2,8-9H2,1H3,(H2,21,23,24)/t13-,14?,17+,19-/m0/s1. The van der Waals surface area contributed by atoms with Crippen LogP contribution in [0.1, 0.15) is 25.1 Å². The van der Waals surface area contributed by atoms with E-state index in [0.29, 0.717) is 24.4 Å². The average molecular weight is 402 g/mol. The molecule has 0 radical (unpaired) electrons. The first-order valence-corrected chi connectivity index (χ1v) is 9.59. The molecule has 2 saturated heterocycles. The summed E-state index contributed by atoms with van der Waals surface area (Å²) in [5, 5.41) is 0.215. The molecule has 4 heterocycles. The van der Waals surface area contributed by atoms with Crippen molar-refractivity contribution in [1.82, 2.24) is 19.5 Å². The van der Waals surface area contributed by atoms with E-state index in [0.717, 1.165) is 12.0 Å². The summed E-state index contributed by atoms with van der Waals surface area (Å²) in [6.45, 7) is 3.07. The fourth-order valence-corrected chi connectivity index (χ4v) is 4.26. The highest BCUT2D eigenvalue weighted by Crippen LogP contribution is 2.49. The number of aromatic nitrogens is 4. The third kappa shape index (κ3) is 2.68. The first-order chi connectivity index (χ1) is 13.6. The van der Waals surface area contributed by atoms with Gasteiger partial charge < -0.3 is 19.9 Å². The van der Waals surface area contributed by atoms with Crippen molar-refractivity contribution in [3.8, 4) is 0 Å². The maximum atomic E-state index is 6.46. The first kappa shape index (κ1) is 17.8. The molecule has 28 heavy (non-hydrogen) atoms. The van der Waals surface area contributed by atoms with Crippen LogP contribution in [0.2, 0.25) is 5.15 Å². The summed E-state index contributed by atoms with van der Waals surface area (Å²) in [7, 11) is 0. The minimum absolute atomic E-state index is 0.0883. The summed E-state index contributed by atoms with van der Waals surface area (Å²) < 4.78 is 20.6. The summed E-state index contributed by atoms with van der Waals surface area (Å²) in [6.07, 6.45) is 1.50. The molecular formula is C19H20ClN5O3. The monoisotopic (exact) mass is 401 g/mol. The van der Waals surface area contributed by atoms with Crippen molar-refractivity contribution in [2.45, 2.75) is 44.0 Å². The van der Waals surface area contributed by atoms with Crippen LogP contribution in [0.3, 0.4) is 0 Å². The second-order valence-electron chi connectivity index (χ2n) is 7.12. The quantitative estimate of drug-likeness (QED) is 0.656. The predicted octanol–water partition coefficient (Wildman–Crippen LogP) is 2.72. The molecule has 146 valence electrons. The average Bonchev–Trinajstić information content (AvgIpc) is 3.37. The van der Waals surface area contributed by atoms with E-state index in [4.69, 9.17) is 31.5 Å². The van der Waals surface area contributed by atoms with Crippen LogP contribution >= 0.6 is 11.6 Å². The molecular weight excluding hydrogens is 382 g/mol. The molecule has 2 bridgehead atoms. The molecule has 0 saturated carbocycles. The van der Waals surface area contributed by atoms with Crippen molar-refractivity contribution in [3.05, 3.63) is 47.4 Å². The summed E-state index contributed by atoms with van der Waals surface area (Å²) in [5.74, 6) is 0.0883. The number of rotatable bonds is 5. The van der Waals surface area contributed by atoms with E-state index >= 15 is 0 Å². The fourth-order valence-electron chi connectivity index (χ4n) is 4.04. The Morgan fingerprint density at radius 1 is 1.32 bits per heavy atom. The van der Waals surface area contributed by atoms with Crippen LogP contribution in [0.25, 0.3) is 11.2 Å². The molecule has 0 amide bonds. The van der Waals surface area contributed by atoms with Gasteiger partial charge >= 0.3 is 0 Å². The minimum Gasteiger partial charge on any atom is -0.368 e. The van der Waals surface area contributed by atoms with Gasteiger partial charge in [0.05, 0.1) is 19.5 Å². The fraction of sp³-hybridized carbons (Fsp3) is 0.421. The maximum absolute atomic E-state index is 6.46. The number of hydrogen-bond donors (Lipinski definition) is 1. The molecule has 9 heteroatoms. The normalized spacial score (nSPS) is 29.0. The van der Waals surface area contributed by atoms with Gasteiger partial charge in [-0.2, -0.15) is 9.97 Å². The lowest BCUT2D eigenvalue weighted by molar-refractivity contribution is -0.174. The summed E-state index contributed by atoms with van der Waals surface area (Å²) in [4.78, 5) is 12.6. The SMILES string of the molecule is CC[C@]12CO[C@@H](C1OCc1ccccc1)[C@H](n1cnc3c(Cl)nc(N)nc31)O2. The van der Waals surface area contributed by atoms with E-state index in [-0.39, 0.29) is 23.3 Å². The van der Waals surface area contributed by atoms with Crippen molar-refractivity contribution in [3.63, 3.8) is 0 Å². The van der Waals surface area contributed by atoms with E-state index in [1.807, 2.05) is 30.3 Å². The topological polar surface area (TPSA) is 97.3 Å². The lowest BCUT2D eigenvalue weighted by atomic mass is 9.96. The molecule has 1 unspecified atom stereocenters. The molecule has 3 aromatic rings. The predicted molar refractivity (Wildman–Crippen MR) is 103 cm³/mol. The summed E-state index contributed by atoms with van der Waals surface area (Å²) in [6, 6.07) is 10.1. The second kappa shape index (κ2) is 6.66. The molecule has 2 fully saturated rings. The van der Waals surface area contributed by atoms with E-state index in [1.54, 1.807) is 10.9 Å². The van der Waals surface area contributed by atoms with Gasteiger partial charge in [-0.1, -0.05) is 48.9 Å². The van der Waals surface area contributed by atoms with Crippen molar-refractivity contribution in [1.29, 1.82) is 0 Å². The Bertz CT molecular complexity index is 1010. The second-order valence-corrected chi connectivity index (χ2v) is 7.47. The molecule has 1 aromatic carbocycles. The zero-order valence-electron chi connectivity index (χ0n) is 15.3. The van der Waals surface area contributed by atoms with Crippen LogP contribution in [-0.2, 0) is 20.8 Å². The number of nitrogens with two attached hydrogens (primary N) is 1. The largest absolute Gasteiger partial charge is 0.368 e. The number of nitrogens with zero attached hydrogens (tertiary/aromatic N) is 4. The van der Waals surface area contributed by atoms with Crippen LogP contribution in [-0.4, -0.2) is 43.9 Å². The van der Waals surface area contributed by atoms with Gasteiger partial charge in [0, 0.05) is 0 Å². The van der Waals surface area contributed by atoms with Gasteiger partial charge in [-0.25, -0.2) is 4.98 Å². The lowest BCUT2D eigenvalue weighted by Crippen LogP contribution is -2.41. The zero-order chi connectivity index (χ0) is 19.3. The third-order valence-corrected chi connectivity index (χ3v) is 5.78. The van der Waals surface area contributed by atoms with Crippen molar-refractivity contribution >= 4 is 28.7 Å². The summed E-state index contributed by atoms with van der Waals surface area (Å²) in [5.41, 5.74) is 7.37. The molecule has 2 aromatic heterocycles. The third-order valence-electron chi connectivity index (χ3n) is 5.51. The Labute approximate surface area is 166 Å². The van der Waals surface area contributed by atoms with Gasteiger partial charge in [-0.15, -0.1) is 0 Å². The number of halogens is 1. The van der Waals surface area contributed by atoms with Crippen LogP contribution in [0.4, 0.5) is 5.95 Å². The first-order valence-electron chi connectivity index (χ1n) is 9.22. The zero-order valence-corrected chi connectivity index (χ0v) is 16.0. The van der Waals surface area contributed by atoms with Gasteiger partial charge in [0.2, 0.25) is 5.95 Å². The number of ether oxygens (including phenoxy) is 3. The number of anilines is 1. The van der Waals surface area contributed by atoms with Gasteiger partial charge in [0.15, 0.2) is 17.0 Å². The van der Waals surface area contributed by atoms with Gasteiger partial charge in [0.25, 0.3) is 0 Å². The Balaban J connectivity index is 1.47. The summed E-state index contributed by atoms with van der Waals surface area (Å²) >= 11 is 6.16. The van der Waals surface area contributed by atoms with Crippen molar-refractivity contribution in [2.24, 2.45) is 0 Å². The highest BCUT2D eigenvalue weighted by atomic mass is 35.5. The minimum atomic E-state index is -0.511. The van der Waals surface area contributed by atoms with Gasteiger partial charge in [0.1, 0.15) is 23.3 Å². The van der Waals surface area contributed by atoms with E-state index in [1.165, 1.54) is 0 Å². The number of fused-ring (bicyclic) bond motifs is 3. The van der Waals surface area contributed by atoms with Crippen molar-refractivity contribution < 1.29 is 14.2 Å². The Morgan fingerprint density at radius 2 is 2.14 bits per heavy atom. The molecule has 2 aliphatic rings. The molecule has 2 aliphatic heterocycles. The van der Waals surface area contributed by atoms with Crippen molar-refractivity contribution in [2.75, 3.05) is 12.3 Å². The molecule has 0 spiro atoms. The maximum Gasteiger partial charge on any atom is 0.223 e. The van der Waals surface area contributed by atoms with Gasteiger partial charge in [-0.05, 0) is 12.0 Å². The highest BCUT2D eigenvalue weighted by molar-refractivity contribution is 6.33. The molecule has 4 atom stereocenters. The van der Waals surface area contributed by atoms with Gasteiger partial charge in [-0.3, -0.25) is 4.57 Å². The number of imidazole rings is 1. The molecule has 8 nitrogen and oxygen atoms in total. The Morgan fingerprint density at radius 3 is 2.93 bits per heavy atom. The van der Waals surface area contributed by atoms with Crippen LogP contribution in [0, 0.1) is 0 Å². The number of hydrogen-bond acceptors (Lipinski definition) is 7. The molecule has 0 aliphatic carbocycles. The van der Waals surface area contributed by atoms with E-state index in [9.17, 15) is 0 Å². The van der Waals surface area contributed by atoms with E-state index in [2.05, 4.69) is 21.9 Å². The number of nitrogen functional groups attached to an aromatic ring is 1. The highest BCUT2D eigenvalue weighted by Gasteiger charge is 2.62. The lowest BCUT2D eigenvalue weighted by Gasteiger charge is -2.30. The Kier molecular flexibility index (Phi) is 4.24. The van der Waals surface area contributed by atoms with Crippen LogP contribution < -0.4 is 5.73 Å². The molecule has 2 N–H and O–H groups in total. The van der Waals surface area contributed by atoms with Crippen LogP contribution in [0.15, 0.2) is 36.7 Å². The van der Waals surface area contributed by atoms with E-state index < -0.39 is 11.8 Å². The van der Waals surface area contributed by atoms with Crippen LogP contribution in [0.5, 0.6) is 0 Å².